The summed E-state index contributed by atoms with van der Waals surface area (Å²) < 4.78 is 10.9. The number of hydrogen-bond acceptors (Lipinski definition) is 6. The molecule has 0 spiro atoms. The number of carbonyl (C=O) groups is 2. The van der Waals surface area contributed by atoms with Gasteiger partial charge in [-0.2, -0.15) is 0 Å². The van der Waals surface area contributed by atoms with Crippen molar-refractivity contribution in [1.29, 1.82) is 0 Å². The van der Waals surface area contributed by atoms with Gasteiger partial charge in [-0.05, 0) is 5.92 Å². The minimum absolute atomic E-state index is 0.00121. The van der Waals surface area contributed by atoms with Crippen molar-refractivity contribution in [1.82, 2.24) is 20.3 Å². The molecular formula is C12H20N4O4. The first kappa shape index (κ1) is 16.1. The molecule has 0 unspecified atom stereocenters. The molecule has 0 radical (unpaired) electrons. The Morgan fingerprint density at radius 3 is 2.60 bits per heavy atom. The van der Waals surface area contributed by atoms with Crippen molar-refractivity contribution >= 4 is 11.9 Å². The Morgan fingerprint density at radius 1 is 1.35 bits per heavy atom. The van der Waals surface area contributed by atoms with Gasteiger partial charge in [0.25, 0.3) is 0 Å². The summed E-state index contributed by atoms with van der Waals surface area (Å²) in [5.41, 5.74) is 0.728. The fraction of sp³-hybridized carbons (Fsp3) is 0.667. The van der Waals surface area contributed by atoms with Crippen LogP contribution in [0.4, 0.5) is 0 Å². The lowest BCUT2D eigenvalue weighted by atomic mass is 10.1. The summed E-state index contributed by atoms with van der Waals surface area (Å²) in [5, 5.41) is 10.3. The zero-order valence-corrected chi connectivity index (χ0v) is 12.2. The van der Waals surface area contributed by atoms with Crippen molar-refractivity contribution in [3.8, 4) is 0 Å². The maximum absolute atomic E-state index is 11.7. The number of methoxy groups -OCH3 is 2. The molecule has 112 valence electrons. The molecule has 1 aromatic rings. The van der Waals surface area contributed by atoms with Crippen LogP contribution in [0.5, 0.6) is 0 Å². The van der Waals surface area contributed by atoms with Gasteiger partial charge in [0.2, 0.25) is 5.91 Å². The van der Waals surface area contributed by atoms with Crippen LogP contribution in [-0.4, -0.2) is 54.2 Å². The SMILES string of the molecule is COCCNC(=O)Cn1nnc(C(=O)OC)c1C(C)C. The lowest BCUT2D eigenvalue weighted by Gasteiger charge is -2.10. The summed E-state index contributed by atoms with van der Waals surface area (Å²) >= 11 is 0. The van der Waals surface area contributed by atoms with Crippen molar-refractivity contribution in [2.75, 3.05) is 27.4 Å². The van der Waals surface area contributed by atoms with Gasteiger partial charge in [-0.25, -0.2) is 9.48 Å². The van der Waals surface area contributed by atoms with Crippen molar-refractivity contribution in [2.45, 2.75) is 26.3 Å². The second-order valence-electron chi connectivity index (χ2n) is 4.47. The largest absolute Gasteiger partial charge is 0.464 e. The zero-order chi connectivity index (χ0) is 15.1. The number of rotatable bonds is 7. The molecule has 1 aromatic heterocycles. The first-order chi connectivity index (χ1) is 9.51. The number of carbonyl (C=O) groups excluding carboxylic acids is 2. The van der Waals surface area contributed by atoms with Crippen molar-refractivity contribution < 1.29 is 19.1 Å². The van der Waals surface area contributed by atoms with Gasteiger partial charge in [0, 0.05) is 13.7 Å². The van der Waals surface area contributed by atoms with E-state index in [0.29, 0.717) is 18.8 Å². The fourth-order valence-electron chi connectivity index (χ4n) is 1.74. The third kappa shape index (κ3) is 4.02. The Balaban J connectivity index is 2.82. The molecule has 1 rings (SSSR count). The van der Waals surface area contributed by atoms with Crippen LogP contribution >= 0.6 is 0 Å². The van der Waals surface area contributed by atoms with E-state index in [1.165, 1.54) is 11.8 Å². The molecule has 8 heteroatoms. The topological polar surface area (TPSA) is 95.3 Å². The van der Waals surface area contributed by atoms with Gasteiger partial charge >= 0.3 is 5.97 Å². The molecule has 0 aliphatic rings. The van der Waals surface area contributed by atoms with Gasteiger partial charge in [-0.1, -0.05) is 19.1 Å². The predicted molar refractivity (Wildman–Crippen MR) is 70.3 cm³/mol. The van der Waals surface area contributed by atoms with E-state index in [0.717, 1.165) is 0 Å². The number of esters is 1. The highest BCUT2D eigenvalue weighted by molar-refractivity contribution is 5.88. The first-order valence-electron chi connectivity index (χ1n) is 6.28. The Kier molecular flexibility index (Phi) is 6.10. The Bertz CT molecular complexity index is 470. The molecule has 0 bridgehead atoms. The highest BCUT2D eigenvalue weighted by atomic mass is 16.5. The Labute approximate surface area is 117 Å². The molecule has 0 aliphatic heterocycles. The van der Waals surface area contributed by atoms with E-state index in [2.05, 4.69) is 20.4 Å². The third-order valence-corrected chi connectivity index (χ3v) is 2.62. The average molecular weight is 284 g/mol. The number of nitrogens with zero attached hydrogens (tertiary/aromatic N) is 3. The number of nitrogens with one attached hydrogen (secondary N) is 1. The smallest absolute Gasteiger partial charge is 0.360 e. The number of hydrogen-bond donors (Lipinski definition) is 1. The minimum Gasteiger partial charge on any atom is -0.464 e. The monoisotopic (exact) mass is 284 g/mol. The molecular weight excluding hydrogens is 264 g/mol. The summed E-state index contributed by atoms with van der Waals surface area (Å²) in [6.45, 7) is 4.65. The number of ether oxygens (including phenoxy) is 2. The highest BCUT2D eigenvalue weighted by Gasteiger charge is 2.23. The summed E-state index contributed by atoms with van der Waals surface area (Å²) in [7, 11) is 2.84. The fourth-order valence-corrected chi connectivity index (χ4v) is 1.74. The lowest BCUT2D eigenvalue weighted by molar-refractivity contribution is -0.122. The molecule has 8 nitrogen and oxygen atoms in total. The zero-order valence-electron chi connectivity index (χ0n) is 12.2. The highest BCUT2D eigenvalue weighted by Crippen LogP contribution is 2.18. The number of amides is 1. The van der Waals surface area contributed by atoms with Crippen molar-refractivity contribution in [3.63, 3.8) is 0 Å². The molecule has 0 aliphatic carbocycles. The second kappa shape index (κ2) is 7.59. The van der Waals surface area contributed by atoms with Crippen LogP contribution in [0.3, 0.4) is 0 Å². The molecule has 0 aromatic carbocycles. The van der Waals surface area contributed by atoms with Gasteiger partial charge in [0.1, 0.15) is 6.54 Å². The van der Waals surface area contributed by atoms with Crippen LogP contribution < -0.4 is 5.32 Å². The van der Waals surface area contributed by atoms with Crippen molar-refractivity contribution in [2.24, 2.45) is 0 Å². The van der Waals surface area contributed by atoms with E-state index in [-0.39, 0.29) is 24.1 Å². The van der Waals surface area contributed by atoms with E-state index in [1.54, 1.807) is 7.11 Å². The van der Waals surface area contributed by atoms with Gasteiger partial charge in [-0.3, -0.25) is 4.79 Å². The van der Waals surface area contributed by atoms with Gasteiger partial charge < -0.3 is 14.8 Å². The summed E-state index contributed by atoms with van der Waals surface area (Å²) in [6.07, 6.45) is 0. The average Bonchev–Trinajstić information content (AvgIpc) is 2.81. The van der Waals surface area contributed by atoms with E-state index in [9.17, 15) is 9.59 Å². The maximum Gasteiger partial charge on any atom is 0.360 e. The molecule has 20 heavy (non-hydrogen) atoms. The third-order valence-electron chi connectivity index (χ3n) is 2.62. The summed E-state index contributed by atoms with van der Waals surface area (Å²) in [6, 6.07) is 0. The standard InChI is InChI=1S/C12H20N4O4/c1-8(2)11-10(12(18)20-4)14-15-16(11)7-9(17)13-5-6-19-3/h8H,5-7H2,1-4H3,(H,13,17). The summed E-state index contributed by atoms with van der Waals surface area (Å²) in [5.74, 6) is -0.782. The van der Waals surface area contributed by atoms with E-state index < -0.39 is 5.97 Å². The van der Waals surface area contributed by atoms with Crippen LogP contribution in [0.2, 0.25) is 0 Å². The van der Waals surface area contributed by atoms with Crippen LogP contribution in [0, 0.1) is 0 Å². The van der Waals surface area contributed by atoms with Crippen LogP contribution in [-0.2, 0) is 20.8 Å². The molecule has 0 saturated heterocycles. The molecule has 0 fully saturated rings. The van der Waals surface area contributed by atoms with Crippen LogP contribution in [0.25, 0.3) is 0 Å². The Morgan fingerprint density at radius 2 is 2.05 bits per heavy atom. The second-order valence-corrected chi connectivity index (χ2v) is 4.47. The van der Waals surface area contributed by atoms with Gasteiger partial charge in [0.15, 0.2) is 5.69 Å². The first-order valence-corrected chi connectivity index (χ1v) is 6.28. The van der Waals surface area contributed by atoms with Crippen LogP contribution in [0.1, 0.15) is 35.9 Å². The molecule has 0 saturated carbocycles. The molecule has 1 N–H and O–H groups in total. The van der Waals surface area contributed by atoms with E-state index >= 15 is 0 Å². The van der Waals surface area contributed by atoms with E-state index in [1.807, 2.05) is 13.8 Å². The number of aromatic nitrogens is 3. The Hall–Kier alpha value is -1.96. The van der Waals surface area contributed by atoms with Crippen LogP contribution in [0.15, 0.2) is 0 Å². The normalized spacial score (nSPS) is 10.7. The molecule has 1 heterocycles. The summed E-state index contributed by atoms with van der Waals surface area (Å²) in [4.78, 5) is 23.3. The van der Waals surface area contributed by atoms with Gasteiger partial charge in [-0.15, -0.1) is 5.10 Å². The predicted octanol–water partition coefficient (Wildman–Crippen LogP) is -0.0493. The van der Waals surface area contributed by atoms with Gasteiger partial charge in [0.05, 0.1) is 19.4 Å². The quantitative estimate of drug-likeness (QED) is 0.557. The van der Waals surface area contributed by atoms with E-state index in [4.69, 9.17) is 4.74 Å². The van der Waals surface area contributed by atoms with Crippen molar-refractivity contribution in [3.05, 3.63) is 11.4 Å². The lowest BCUT2D eigenvalue weighted by Crippen LogP contribution is -2.31. The molecule has 0 atom stereocenters. The molecule has 1 amide bonds. The maximum atomic E-state index is 11.7. The minimum atomic E-state index is -0.556.